The maximum absolute atomic E-state index is 13.5. The molecule has 1 aromatic carbocycles. The third kappa shape index (κ3) is 1.63. The molecule has 1 rings (SSSR count). The highest BCUT2D eigenvalue weighted by Gasteiger charge is 2.20. The molecule has 0 nitrogen and oxygen atoms in total. The van der Waals surface area contributed by atoms with E-state index in [0.29, 0.717) is 16.1 Å². The molecule has 0 unspecified atom stereocenters. The van der Waals surface area contributed by atoms with E-state index in [4.69, 9.17) is 11.6 Å². The van der Waals surface area contributed by atoms with Gasteiger partial charge in [0.15, 0.2) is 11.6 Å². The summed E-state index contributed by atoms with van der Waals surface area (Å²) in [5, 5.41) is 0.326. The Kier molecular flexibility index (Phi) is 3.15. The van der Waals surface area contributed by atoms with Crippen molar-refractivity contribution >= 4 is 11.6 Å². The molecule has 0 bridgehead atoms. The topological polar surface area (TPSA) is 0 Å². The first-order valence-corrected chi connectivity index (χ1v) is 4.89. The van der Waals surface area contributed by atoms with Crippen LogP contribution in [0, 0.1) is 25.5 Å². The summed E-state index contributed by atoms with van der Waals surface area (Å²) in [6.07, 6.45) is 0. The third-order valence-electron chi connectivity index (χ3n) is 2.40. The van der Waals surface area contributed by atoms with E-state index in [1.165, 1.54) is 6.92 Å². The van der Waals surface area contributed by atoms with Gasteiger partial charge in [-0.2, -0.15) is 0 Å². The van der Waals surface area contributed by atoms with Crippen LogP contribution in [-0.4, -0.2) is 0 Å². The van der Waals surface area contributed by atoms with Crippen LogP contribution in [0.5, 0.6) is 0 Å². The van der Waals surface area contributed by atoms with Gasteiger partial charge in [0.2, 0.25) is 0 Å². The molecule has 0 aliphatic carbocycles. The molecule has 0 fully saturated rings. The molecule has 3 heteroatoms. The molecule has 0 aliphatic rings. The zero-order valence-electron chi connectivity index (χ0n) is 8.71. The monoisotopic (exact) mass is 218 g/mol. The fourth-order valence-electron chi connectivity index (χ4n) is 1.63. The lowest BCUT2D eigenvalue weighted by molar-refractivity contribution is 0.487. The smallest absolute Gasteiger partial charge is 0.163 e. The SMILES string of the molecule is Cc1c(F)c(F)c(C(C)C)c(C)c1Cl. The first kappa shape index (κ1) is 11.4. The molecule has 0 spiro atoms. The molecule has 0 radical (unpaired) electrons. The summed E-state index contributed by atoms with van der Waals surface area (Å²) in [6.45, 7) is 6.83. The molecule has 78 valence electrons. The van der Waals surface area contributed by atoms with Crippen LogP contribution in [0.1, 0.15) is 36.5 Å². The molecule has 0 atom stereocenters. The highest BCUT2D eigenvalue weighted by atomic mass is 35.5. The minimum Gasteiger partial charge on any atom is -0.203 e. The van der Waals surface area contributed by atoms with Gasteiger partial charge in [-0.15, -0.1) is 0 Å². The lowest BCUT2D eigenvalue weighted by atomic mass is 9.95. The molecule has 0 amide bonds. The Balaban J connectivity index is 3.60. The largest absolute Gasteiger partial charge is 0.203 e. The van der Waals surface area contributed by atoms with Crippen molar-refractivity contribution in [2.75, 3.05) is 0 Å². The molecule has 0 heterocycles. The van der Waals surface area contributed by atoms with Gasteiger partial charge in [0, 0.05) is 10.6 Å². The second-order valence-corrected chi connectivity index (χ2v) is 4.14. The summed E-state index contributed by atoms with van der Waals surface area (Å²) in [4.78, 5) is 0. The minimum atomic E-state index is -0.829. The summed E-state index contributed by atoms with van der Waals surface area (Å²) < 4.78 is 26.9. The predicted octanol–water partition coefficient (Wildman–Crippen LogP) is 4.36. The Morgan fingerprint density at radius 3 is 1.93 bits per heavy atom. The fourth-order valence-corrected chi connectivity index (χ4v) is 1.81. The number of halogens is 3. The van der Waals surface area contributed by atoms with Gasteiger partial charge < -0.3 is 0 Å². The van der Waals surface area contributed by atoms with Crippen LogP contribution in [0.4, 0.5) is 8.78 Å². The van der Waals surface area contributed by atoms with E-state index in [-0.39, 0.29) is 11.5 Å². The molecular weight excluding hydrogens is 206 g/mol. The second kappa shape index (κ2) is 3.85. The molecule has 0 aromatic heterocycles. The zero-order valence-corrected chi connectivity index (χ0v) is 9.47. The number of rotatable bonds is 1. The Hall–Kier alpha value is -0.630. The third-order valence-corrected chi connectivity index (χ3v) is 2.97. The molecule has 14 heavy (non-hydrogen) atoms. The summed E-state index contributed by atoms with van der Waals surface area (Å²) in [6, 6.07) is 0. The van der Waals surface area contributed by atoms with Crippen molar-refractivity contribution in [3.05, 3.63) is 33.3 Å². The quantitative estimate of drug-likeness (QED) is 0.615. The van der Waals surface area contributed by atoms with E-state index in [0.717, 1.165) is 0 Å². The lowest BCUT2D eigenvalue weighted by Crippen LogP contribution is -2.04. The Labute approximate surface area is 87.9 Å². The molecule has 0 N–H and O–H groups in total. The number of benzene rings is 1. The van der Waals surface area contributed by atoms with Crippen LogP contribution < -0.4 is 0 Å². The van der Waals surface area contributed by atoms with E-state index in [1.807, 2.05) is 13.8 Å². The molecule has 0 saturated heterocycles. The van der Waals surface area contributed by atoms with Crippen molar-refractivity contribution in [1.29, 1.82) is 0 Å². The molecule has 1 aromatic rings. The van der Waals surface area contributed by atoms with E-state index in [9.17, 15) is 8.78 Å². The van der Waals surface area contributed by atoms with Gasteiger partial charge in [0.05, 0.1) is 0 Å². The maximum Gasteiger partial charge on any atom is 0.163 e. The van der Waals surface area contributed by atoms with E-state index >= 15 is 0 Å². The minimum absolute atomic E-state index is 0.0670. The van der Waals surface area contributed by atoms with E-state index < -0.39 is 11.6 Å². The standard InChI is InChI=1S/C11H13ClF2/c1-5(2)8-6(3)9(12)7(4)10(13)11(8)14/h5H,1-4H3. The van der Waals surface area contributed by atoms with Gasteiger partial charge in [0.25, 0.3) is 0 Å². The Bertz CT molecular complexity index is 341. The summed E-state index contributed by atoms with van der Waals surface area (Å²) >= 11 is 5.90. The van der Waals surface area contributed by atoms with Crippen molar-refractivity contribution in [2.24, 2.45) is 0 Å². The maximum atomic E-state index is 13.5. The van der Waals surface area contributed by atoms with Crippen LogP contribution in [-0.2, 0) is 0 Å². The van der Waals surface area contributed by atoms with Crippen LogP contribution >= 0.6 is 11.6 Å². The summed E-state index contributed by atoms with van der Waals surface area (Å²) in [5.74, 6) is -1.66. The van der Waals surface area contributed by atoms with Crippen molar-refractivity contribution in [3.63, 3.8) is 0 Å². The Morgan fingerprint density at radius 2 is 1.50 bits per heavy atom. The van der Waals surface area contributed by atoms with Gasteiger partial charge in [-0.25, -0.2) is 8.78 Å². The fraction of sp³-hybridized carbons (Fsp3) is 0.455. The Morgan fingerprint density at radius 1 is 1.00 bits per heavy atom. The molecular formula is C11H13ClF2. The normalized spacial score (nSPS) is 11.1. The second-order valence-electron chi connectivity index (χ2n) is 3.76. The predicted molar refractivity (Wildman–Crippen MR) is 54.9 cm³/mol. The number of hydrogen-bond donors (Lipinski definition) is 0. The summed E-state index contributed by atoms with van der Waals surface area (Å²) in [7, 11) is 0. The van der Waals surface area contributed by atoms with Crippen LogP contribution in [0.15, 0.2) is 0 Å². The van der Waals surface area contributed by atoms with Crippen molar-refractivity contribution in [1.82, 2.24) is 0 Å². The van der Waals surface area contributed by atoms with Gasteiger partial charge in [0.1, 0.15) is 0 Å². The molecule has 0 aliphatic heterocycles. The average molecular weight is 219 g/mol. The van der Waals surface area contributed by atoms with Gasteiger partial charge in [-0.1, -0.05) is 25.4 Å². The first-order chi connectivity index (χ1) is 6.37. The highest BCUT2D eigenvalue weighted by Crippen LogP contribution is 2.33. The van der Waals surface area contributed by atoms with Crippen molar-refractivity contribution in [2.45, 2.75) is 33.6 Å². The summed E-state index contributed by atoms with van der Waals surface area (Å²) in [5.41, 5.74) is 1.20. The van der Waals surface area contributed by atoms with E-state index in [2.05, 4.69) is 0 Å². The van der Waals surface area contributed by atoms with Crippen LogP contribution in [0.25, 0.3) is 0 Å². The van der Waals surface area contributed by atoms with E-state index in [1.54, 1.807) is 6.92 Å². The zero-order chi connectivity index (χ0) is 11.0. The lowest BCUT2D eigenvalue weighted by Gasteiger charge is -2.15. The van der Waals surface area contributed by atoms with Crippen molar-refractivity contribution in [3.8, 4) is 0 Å². The van der Waals surface area contributed by atoms with Crippen molar-refractivity contribution < 1.29 is 8.78 Å². The van der Waals surface area contributed by atoms with Gasteiger partial charge in [-0.3, -0.25) is 0 Å². The van der Waals surface area contributed by atoms with Gasteiger partial charge >= 0.3 is 0 Å². The molecule has 0 saturated carbocycles. The van der Waals surface area contributed by atoms with Gasteiger partial charge in [-0.05, 0) is 30.9 Å². The van der Waals surface area contributed by atoms with Crippen LogP contribution in [0.3, 0.4) is 0 Å². The average Bonchev–Trinajstić information content (AvgIpc) is 2.11. The highest BCUT2D eigenvalue weighted by molar-refractivity contribution is 6.32. The first-order valence-electron chi connectivity index (χ1n) is 4.51. The van der Waals surface area contributed by atoms with Crippen LogP contribution in [0.2, 0.25) is 5.02 Å². The number of hydrogen-bond acceptors (Lipinski definition) is 0.